The van der Waals surface area contributed by atoms with Crippen LogP contribution in [0.5, 0.6) is 11.5 Å². The second kappa shape index (κ2) is 7.24. The summed E-state index contributed by atoms with van der Waals surface area (Å²) < 4.78 is 10.7. The predicted molar refractivity (Wildman–Crippen MR) is 102 cm³/mol. The molecule has 2 aliphatic rings. The number of amides is 1. The minimum absolute atomic E-state index is 0.0177. The normalized spacial score (nSPS) is 20.3. The average molecular weight is 367 g/mol. The lowest BCUT2D eigenvalue weighted by Gasteiger charge is -2.39. The first-order valence-electron chi connectivity index (χ1n) is 9.42. The Morgan fingerprint density at radius 3 is 2.81 bits per heavy atom. The maximum Gasteiger partial charge on any atom is 0.224 e. The number of carbonyl (C=O) groups is 1. The van der Waals surface area contributed by atoms with E-state index >= 15 is 0 Å². The summed E-state index contributed by atoms with van der Waals surface area (Å²) in [6.45, 7) is 1.49. The van der Waals surface area contributed by atoms with E-state index in [1.54, 1.807) is 18.2 Å². The molecule has 1 amide bonds. The maximum atomic E-state index is 12.8. The molecular weight excluding hydrogens is 342 g/mol. The minimum Gasteiger partial charge on any atom is -0.504 e. The van der Waals surface area contributed by atoms with Crippen molar-refractivity contribution < 1.29 is 19.4 Å². The maximum absolute atomic E-state index is 12.8. The summed E-state index contributed by atoms with van der Waals surface area (Å²) in [4.78, 5) is 12.8. The van der Waals surface area contributed by atoms with Crippen molar-refractivity contribution in [1.29, 1.82) is 0 Å². The van der Waals surface area contributed by atoms with E-state index in [2.05, 4.69) is 23.5 Å². The lowest BCUT2D eigenvalue weighted by molar-refractivity contribution is -0.122. The second-order valence-electron chi connectivity index (χ2n) is 7.53. The number of aromatic hydroxyl groups is 1. The van der Waals surface area contributed by atoms with Gasteiger partial charge >= 0.3 is 0 Å². The summed E-state index contributed by atoms with van der Waals surface area (Å²) in [5, 5.41) is 13.0. The van der Waals surface area contributed by atoms with Gasteiger partial charge in [-0.15, -0.1) is 0 Å². The van der Waals surface area contributed by atoms with Crippen LogP contribution in [0.2, 0.25) is 0 Å². The van der Waals surface area contributed by atoms with Crippen LogP contribution >= 0.6 is 0 Å². The molecule has 0 bridgehead atoms. The predicted octanol–water partition coefficient (Wildman–Crippen LogP) is 3.15. The number of carbonyl (C=O) groups excluding carboxylic acids is 1. The molecule has 1 aliphatic carbocycles. The van der Waals surface area contributed by atoms with Gasteiger partial charge in [-0.1, -0.05) is 30.3 Å². The van der Waals surface area contributed by atoms with Crippen molar-refractivity contribution in [2.45, 2.75) is 31.7 Å². The fraction of sp³-hybridized carbons (Fsp3) is 0.409. The lowest BCUT2D eigenvalue weighted by atomic mass is 9.74. The van der Waals surface area contributed by atoms with Crippen LogP contribution in [0.1, 0.15) is 35.6 Å². The van der Waals surface area contributed by atoms with Crippen molar-refractivity contribution in [3.8, 4) is 11.5 Å². The first-order valence-corrected chi connectivity index (χ1v) is 9.42. The Labute approximate surface area is 159 Å². The van der Waals surface area contributed by atoms with Gasteiger partial charge in [-0.3, -0.25) is 4.79 Å². The zero-order chi connectivity index (χ0) is 18.9. The van der Waals surface area contributed by atoms with Crippen molar-refractivity contribution >= 4 is 5.91 Å². The molecule has 27 heavy (non-hydrogen) atoms. The molecule has 2 aromatic rings. The number of fused-ring (bicyclic) bond motifs is 1. The van der Waals surface area contributed by atoms with Crippen molar-refractivity contribution in [2.75, 3.05) is 20.3 Å². The molecule has 2 aromatic carbocycles. The monoisotopic (exact) mass is 367 g/mol. The standard InChI is InChI=1S/C22H25NO4/c1-26-19-12-15(6-7-18(19)24)13-20(25)23-21-17-5-3-2-4-16(17)14-22(21)8-10-27-11-9-22/h2-7,12,21,24H,8-11,13-14H2,1H3,(H,23,25)/t21-/m0/s1. The van der Waals surface area contributed by atoms with Crippen molar-refractivity contribution in [3.05, 3.63) is 59.2 Å². The Balaban J connectivity index is 1.55. The zero-order valence-electron chi connectivity index (χ0n) is 15.5. The van der Waals surface area contributed by atoms with Crippen LogP contribution in [0.15, 0.2) is 42.5 Å². The largest absolute Gasteiger partial charge is 0.504 e. The summed E-state index contributed by atoms with van der Waals surface area (Å²) in [5.74, 6) is 0.440. The summed E-state index contributed by atoms with van der Waals surface area (Å²) in [7, 11) is 1.50. The lowest BCUT2D eigenvalue weighted by Crippen LogP contribution is -2.42. The number of hydrogen-bond acceptors (Lipinski definition) is 4. The van der Waals surface area contributed by atoms with Crippen LogP contribution in [0.25, 0.3) is 0 Å². The molecule has 142 valence electrons. The van der Waals surface area contributed by atoms with Crippen molar-refractivity contribution in [3.63, 3.8) is 0 Å². The smallest absolute Gasteiger partial charge is 0.224 e. The number of phenolic OH excluding ortho intramolecular Hbond substituents is 1. The van der Waals surface area contributed by atoms with Crippen molar-refractivity contribution in [1.82, 2.24) is 5.32 Å². The zero-order valence-corrected chi connectivity index (χ0v) is 15.5. The van der Waals surface area contributed by atoms with Crippen LogP contribution < -0.4 is 10.1 Å². The van der Waals surface area contributed by atoms with E-state index in [1.807, 2.05) is 6.07 Å². The molecule has 0 saturated carbocycles. The third-order valence-corrected chi connectivity index (χ3v) is 5.92. The Morgan fingerprint density at radius 2 is 2.04 bits per heavy atom. The highest BCUT2D eigenvalue weighted by atomic mass is 16.5. The fourth-order valence-electron chi connectivity index (χ4n) is 4.49. The van der Waals surface area contributed by atoms with Crippen LogP contribution in [-0.2, 0) is 22.4 Å². The third kappa shape index (κ3) is 3.39. The number of rotatable bonds is 4. The topological polar surface area (TPSA) is 67.8 Å². The highest BCUT2D eigenvalue weighted by molar-refractivity contribution is 5.79. The van der Waals surface area contributed by atoms with Gasteiger partial charge in [0.1, 0.15) is 0 Å². The number of hydrogen-bond donors (Lipinski definition) is 2. The fourth-order valence-corrected chi connectivity index (χ4v) is 4.49. The molecule has 0 unspecified atom stereocenters. The number of nitrogens with one attached hydrogen (secondary N) is 1. The van der Waals surface area contributed by atoms with Crippen molar-refractivity contribution in [2.24, 2.45) is 5.41 Å². The number of benzene rings is 2. The van der Waals surface area contributed by atoms with E-state index in [4.69, 9.17) is 9.47 Å². The molecule has 1 fully saturated rings. The van der Waals surface area contributed by atoms with Crippen LogP contribution in [0.3, 0.4) is 0 Å². The quantitative estimate of drug-likeness (QED) is 0.871. The number of ether oxygens (including phenoxy) is 2. The average Bonchev–Trinajstić information content (AvgIpc) is 2.96. The molecule has 0 radical (unpaired) electrons. The van der Waals surface area contributed by atoms with E-state index in [0.717, 1.165) is 38.0 Å². The first-order chi connectivity index (χ1) is 13.1. The third-order valence-electron chi connectivity index (χ3n) is 5.92. The van der Waals surface area contributed by atoms with Gasteiger partial charge in [0.25, 0.3) is 0 Å². The van der Waals surface area contributed by atoms with E-state index in [0.29, 0.717) is 5.75 Å². The van der Waals surface area contributed by atoms with Gasteiger partial charge in [0.15, 0.2) is 11.5 Å². The Kier molecular flexibility index (Phi) is 4.79. The van der Waals surface area contributed by atoms with Crippen LogP contribution in [0.4, 0.5) is 0 Å². The molecule has 1 saturated heterocycles. The van der Waals surface area contributed by atoms with E-state index < -0.39 is 0 Å². The summed E-state index contributed by atoms with van der Waals surface area (Å²) in [6.07, 6.45) is 3.16. The first kappa shape index (κ1) is 17.9. The highest BCUT2D eigenvalue weighted by Gasteiger charge is 2.47. The van der Waals surface area contributed by atoms with Gasteiger partial charge in [0.05, 0.1) is 19.6 Å². The molecule has 4 rings (SSSR count). The van der Waals surface area contributed by atoms with Gasteiger partial charge in [-0.25, -0.2) is 0 Å². The van der Waals surface area contributed by atoms with E-state index in [-0.39, 0.29) is 29.5 Å². The van der Waals surface area contributed by atoms with Gasteiger partial charge in [0, 0.05) is 18.6 Å². The molecule has 5 heteroatoms. The number of phenols is 1. The Hall–Kier alpha value is -2.53. The van der Waals surface area contributed by atoms with Gasteiger partial charge in [-0.2, -0.15) is 0 Å². The molecule has 1 spiro atoms. The Bertz CT molecular complexity index is 842. The molecule has 1 aliphatic heterocycles. The summed E-state index contributed by atoms with van der Waals surface area (Å²) >= 11 is 0. The Morgan fingerprint density at radius 1 is 1.26 bits per heavy atom. The minimum atomic E-state index is -0.0182. The second-order valence-corrected chi connectivity index (χ2v) is 7.53. The SMILES string of the molecule is COc1cc(CC(=O)N[C@H]2c3ccccc3CC23CCOCC3)ccc1O. The van der Waals surface area contributed by atoms with Gasteiger partial charge in [-0.05, 0) is 48.1 Å². The molecule has 1 heterocycles. The van der Waals surface area contributed by atoms with Gasteiger partial charge < -0.3 is 19.9 Å². The molecular formula is C22H25NO4. The molecule has 1 atom stereocenters. The van der Waals surface area contributed by atoms with Crippen LogP contribution in [0, 0.1) is 5.41 Å². The number of methoxy groups -OCH3 is 1. The van der Waals surface area contributed by atoms with Gasteiger partial charge in [0.2, 0.25) is 5.91 Å². The van der Waals surface area contributed by atoms with E-state index in [1.165, 1.54) is 18.2 Å². The van der Waals surface area contributed by atoms with E-state index in [9.17, 15) is 9.90 Å². The molecule has 5 nitrogen and oxygen atoms in total. The molecule has 2 N–H and O–H groups in total. The van der Waals surface area contributed by atoms with Crippen LogP contribution in [-0.4, -0.2) is 31.3 Å². The summed E-state index contributed by atoms with van der Waals surface area (Å²) in [6, 6.07) is 13.5. The highest BCUT2D eigenvalue weighted by Crippen LogP contribution is 2.51. The molecule has 0 aromatic heterocycles. The summed E-state index contributed by atoms with van der Waals surface area (Å²) in [5.41, 5.74) is 3.42.